The Bertz CT molecular complexity index is 1330. The Labute approximate surface area is 247 Å². The van der Waals surface area contributed by atoms with E-state index in [9.17, 15) is 9.59 Å². The van der Waals surface area contributed by atoms with Crippen molar-refractivity contribution in [2.75, 3.05) is 20.2 Å². The highest BCUT2D eigenvalue weighted by atomic mass is 79.9. The number of carbonyl (C=O) groups is 2. The predicted molar refractivity (Wildman–Crippen MR) is 158 cm³/mol. The van der Waals surface area contributed by atoms with E-state index in [0.29, 0.717) is 28.9 Å². The van der Waals surface area contributed by atoms with Crippen molar-refractivity contribution in [3.05, 3.63) is 97.9 Å². The van der Waals surface area contributed by atoms with E-state index in [1.165, 1.54) is 0 Å². The van der Waals surface area contributed by atoms with Gasteiger partial charge in [-0.2, -0.15) is 0 Å². The molecular weight excluding hydrogens is 603 g/mol. The standard InChI is InChI=1S/C30H31BrCl2N2O4/c1-29(2,3)39-28(37)35-17-30(18-35,20-7-9-21(31)10-8-20)16-26(36)34-27(19-5-11-22(32)12-6-19)24-15-23(33)13-14-25(24)38-4/h5-15,27H,16-18H2,1-4H3,(H,34,36). The lowest BCUT2D eigenvalue weighted by Crippen LogP contribution is -2.63. The van der Waals surface area contributed by atoms with Crippen molar-refractivity contribution in [1.29, 1.82) is 0 Å². The summed E-state index contributed by atoms with van der Waals surface area (Å²) in [5.74, 6) is 0.422. The van der Waals surface area contributed by atoms with Crippen molar-refractivity contribution >= 4 is 51.1 Å². The Morgan fingerprint density at radius 2 is 1.62 bits per heavy atom. The third kappa shape index (κ3) is 7.07. The van der Waals surface area contributed by atoms with Crippen molar-refractivity contribution in [3.8, 4) is 5.75 Å². The number of halogens is 3. The van der Waals surface area contributed by atoms with Crippen molar-refractivity contribution in [3.63, 3.8) is 0 Å². The topological polar surface area (TPSA) is 67.9 Å². The molecule has 1 aliphatic heterocycles. The number of hydrogen-bond acceptors (Lipinski definition) is 4. The van der Waals surface area contributed by atoms with Gasteiger partial charge in [-0.1, -0.05) is 63.4 Å². The van der Waals surface area contributed by atoms with E-state index in [0.717, 1.165) is 21.2 Å². The zero-order chi connectivity index (χ0) is 28.4. The van der Waals surface area contributed by atoms with Gasteiger partial charge in [-0.3, -0.25) is 4.79 Å². The summed E-state index contributed by atoms with van der Waals surface area (Å²) in [7, 11) is 1.58. The van der Waals surface area contributed by atoms with Crippen molar-refractivity contribution in [1.82, 2.24) is 10.2 Å². The molecule has 1 atom stereocenters. The van der Waals surface area contributed by atoms with Gasteiger partial charge in [0.2, 0.25) is 5.91 Å². The molecule has 3 aromatic carbocycles. The number of rotatable bonds is 7. The van der Waals surface area contributed by atoms with Crippen LogP contribution in [0.25, 0.3) is 0 Å². The van der Waals surface area contributed by atoms with Crippen LogP contribution in [-0.2, 0) is 14.9 Å². The monoisotopic (exact) mass is 632 g/mol. The zero-order valence-electron chi connectivity index (χ0n) is 22.3. The first kappa shape index (κ1) is 29.2. The molecule has 1 aliphatic rings. The van der Waals surface area contributed by atoms with E-state index < -0.39 is 23.2 Å². The molecule has 39 heavy (non-hydrogen) atoms. The molecule has 4 rings (SSSR count). The first-order chi connectivity index (χ1) is 18.4. The quantitative estimate of drug-likeness (QED) is 0.292. The van der Waals surface area contributed by atoms with Crippen LogP contribution in [0.2, 0.25) is 10.0 Å². The maximum Gasteiger partial charge on any atom is 0.410 e. The van der Waals surface area contributed by atoms with Crippen LogP contribution >= 0.6 is 39.1 Å². The predicted octanol–water partition coefficient (Wildman–Crippen LogP) is 7.55. The van der Waals surface area contributed by atoms with Gasteiger partial charge in [-0.05, 0) is 74.4 Å². The first-order valence-corrected chi connectivity index (χ1v) is 14.1. The first-order valence-electron chi connectivity index (χ1n) is 12.5. The molecule has 0 aliphatic carbocycles. The summed E-state index contributed by atoms with van der Waals surface area (Å²) in [6.45, 7) is 6.23. The molecule has 0 aromatic heterocycles. The van der Waals surface area contributed by atoms with Gasteiger partial charge in [-0.15, -0.1) is 0 Å². The van der Waals surface area contributed by atoms with Gasteiger partial charge in [0, 0.05) is 45.0 Å². The normalized spacial score (nSPS) is 15.2. The average Bonchev–Trinajstić information content (AvgIpc) is 2.84. The van der Waals surface area contributed by atoms with Crippen molar-refractivity contribution in [2.24, 2.45) is 0 Å². The van der Waals surface area contributed by atoms with Gasteiger partial charge in [-0.25, -0.2) is 4.79 Å². The number of hydrogen-bond donors (Lipinski definition) is 1. The van der Waals surface area contributed by atoms with E-state index >= 15 is 0 Å². The minimum atomic E-state index is -0.605. The highest BCUT2D eigenvalue weighted by Crippen LogP contribution is 2.40. The van der Waals surface area contributed by atoms with Crippen LogP contribution in [0.5, 0.6) is 5.75 Å². The van der Waals surface area contributed by atoms with E-state index in [1.54, 1.807) is 42.3 Å². The third-order valence-corrected chi connectivity index (χ3v) is 7.62. The summed E-state index contributed by atoms with van der Waals surface area (Å²) in [5.41, 5.74) is 1.36. The van der Waals surface area contributed by atoms with Crippen LogP contribution in [0.3, 0.4) is 0 Å². The van der Waals surface area contributed by atoms with Crippen LogP contribution in [0, 0.1) is 0 Å². The number of carbonyl (C=O) groups excluding carboxylic acids is 2. The number of likely N-dealkylation sites (tertiary alicyclic amines) is 1. The molecular formula is C30H31BrCl2N2O4. The van der Waals surface area contributed by atoms with Crippen LogP contribution in [-0.4, -0.2) is 42.7 Å². The molecule has 0 saturated carbocycles. The number of nitrogens with zero attached hydrogens (tertiary/aromatic N) is 1. The number of benzene rings is 3. The van der Waals surface area contributed by atoms with E-state index in [2.05, 4.69) is 21.2 Å². The summed E-state index contributed by atoms with van der Waals surface area (Å²) in [5, 5.41) is 4.31. The molecule has 1 unspecified atom stereocenters. The summed E-state index contributed by atoms with van der Waals surface area (Å²) in [4.78, 5) is 28.1. The van der Waals surface area contributed by atoms with Crippen LogP contribution in [0.15, 0.2) is 71.2 Å². The number of amides is 2. The Morgan fingerprint density at radius 3 is 2.21 bits per heavy atom. The highest BCUT2D eigenvalue weighted by Gasteiger charge is 2.49. The van der Waals surface area contributed by atoms with Crippen molar-refractivity contribution in [2.45, 2.75) is 44.2 Å². The fourth-order valence-electron chi connectivity index (χ4n) is 4.79. The lowest BCUT2D eigenvalue weighted by Gasteiger charge is -2.50. The molecule has 1 N–H and O–H groups in total. The van der Waals surface area contributed by atoms with Gasteiger partial charge in [0.1, 0.15) is 11.4 Å². The molecule has 6 nitrogen and oxygen atoms in total. The fourth-order valence-corrected chi connectivity index (χ4v) is 5.36. The van der Waals surface area contributed by atoms with Gasteiger partial charge >= 0.3 is 6.09 Å². The summed E-state index contributed by atoms with van der Waals surface area (Å²) in [6, 6.07) is 19.9. The van der Waals surface area contributed by atoms with Gasteiger partial charge < -0.3 is 19.7 Å². The van der Waals surface area contributed by atoms with Crippen LogP contribution < -0.4 is 10.1 Å². The van der Waals surface area contributed by atoms with Crippen LogP contribution in [0.1, 0.15) is 49.9 Å². The number of ether oxygens (including phenoxy) is 2. The maximum absolute atomic E-state index is 13.8. The molecule has 1 saturated heterocycles. The molecule has 1 heterocycles. The van der Waals surface area contributed by atoms with Gasteiger partial charge in [0.25, 0.3) is 0 Å². The summed E-state index contributed by atoms with van der Waals surface area (Å²) >= 11 is 16.0. The Kier molecular flexibility index (Phi) is 8.84. The summed E-state index contributed by atoms with van der Waals surface area (Å²) < 4.78 is 12.1. The third-order valence-electron chi connectivity index (χ3n) is 6.61. The second kappa shape index (κ2) is 11.8. The molecule has 3 aromatic rings. The highest BCUT2D eigenvalue weighted by molar-refractivity contribution is 9.10. The minimum Gasteiger partial charge on any atom is -0.496 e. The molecule has 0 spiro atoms. The van der Waals surface area contributed by atoms with E-state index in [4.69, 9.17) is 32.7 Å². The maximum atomic E-state index is 13.8. The van der Waals surface area contributed by atoms with E-state index in [-0.39, 0.29) is 12.3 Å². The Hall–Kier alpha value is -2.74. The zero-order valence-corrected chi connectivity index (χ0v) is 25.4. The molecule has 1 fully saturated rings. The Balaban J connectivity index is 1.63. The molecule has 0 radical (unpaired) electrons. The summed E-state index contributed by atoms with van der Waals surface area (Å²) in [6.07, 6.45) is -0.223. The second-order valence-electron chi connectivity index (χ2n) is 10.7. The average molecular weight is 634 g/mol. The molecule has 2 amide bonds. The second-order valence-corrected chi connectivity index (χ2v) is 12.5. The molecule has 0 bridgehead atoms. The van der Waals surface area contributed by atoms with Crippen molar-refractivity contribution < 1.29 is 19.1 Å². The fraction of sp³-hybridized carbons (Fsp3) is 0.333. The van der Waals surface area contributed by atoms with E-state index in [1.807, 2.05) is 57.2 Å². The largest absolute Gasteiger partial charge is 0.496 e. The minimum absolute atomic E-state index is 0.168. The number of nitrogens with one attached hydrogen (secondary N) is 1. The van der Waals surface area contributed by atoms with Crippen LogP contribution in [0.4, 0.5) is 4.79 Å². The molecule has 9 heteroatoms. The Morgan fingerprint density at radius 1 is 1.00 bits per heavy atom. The van der Waals surface area contributed by atoms with Gasteiger partial charge in [0.05, 0.1) is 13.2 Å². The smallest absolute Gasteiger partial charge is 0.410 e. The number of methoxy groups -OCH3 is 1. The SMILES string of the molecule is COc1ccc(Cl)cc1C(NC(=O)CC1(c2ccc(Br)cc2)CN(C(=O)OC(C)(C)C)C1)c1ccc(Cl)cc1. The lowest BCUT2D eigenvalue weighted by atomic mass is 9.71. The van der Waals surface area contributed by atoms with Gasteiger partial charge in [0.15, 0.2) is 0 Å². The lowest BCUT2D eigenvalue weighted by molar-refractivity contribution is -0.124. The molecule has 206 valence electrons.